The fourth-order valence-corrected chi connectivity index (χ4v) is 5.54. The standard InChI is InChI=1S/C23H36N2O2/c26-18-22-17-25(11-6-20-4-2-1-3-5-20)19-23(22)9-12-24(13-10-23)16-21-7-14-27-15-8-21/h1-5,21-22,26H,6-19H2. The molecule has 1 spiro atoms. The van der Waals surface area contributed by atoms with Crippen molar-refractivity contribution in [2.24, 2.45) is 17.3 Å². The molecule has 4 heteroatoms. The van der Waals surface area contributed by atoms with E-state index in [1.807, 2.05) is 0 Å². The third-order valence-corrected chi connectivity index (χ3v) is 7.37. The minimum absolute atomic E-state index is 0.345. The van der Waals surface area contributed by atoms with Gasteiger partial charge in [0.05, 0.1) is 0 Å². The Hall–Kier alpha value is -0.940. The second-order valence-corrected chi connectivity index (χ2v) is 9.07. The fraction of sp³-hybridized carbons (Fsp3) is 0.739. The van der Waals surface area contributed by atoms with Crippen LogP contribution in [0.5, 0.6) is 0 Å². The monoisotopic (exact) mass is 372 g/mol. The van der Waals surface area contributed by atoms with E-state index in [0.717, 1.165) is 38.6 Å². The number of ether oxygens (including phenoxy) is 1. The molecule has 1 atom stereocenters. The average Bonchev–Trinajstić information content (AvgIpc) is 3.07. The molecule has 0 aromatic heterocycles. The lowest BCUT2D eigenvalue weighted by molar-refractivity contribution is 0.0218. The first-order valence-corrected chi connectivity index (χ1v) is 10.9. The van der Waals surface area contributed by atoms with Gasteiger partial charge in [0, 0.05) is 51.9 Å². The molecule has 3 saturated heterocycles. The third-order valence-electron chi connectivity index (χ3n) is 7.37. The molecule has 4 nitrogen and oxygen atoms in total. The van der Waals surface area contributed by atoms with Crippen LogP contribution in [0.25, 0.3) is 0 Å². The normalized spacial score (nSPS) is 27.4. The number of hydrogen-bond donors (Lipinski definition) is 1. The SMILES string of the molecule is OCC1CN(CCc2ccccc2)CC12CCN(CC1CCOCC1)CC2. The van der Waals surface area contributed by atoms with E-state index in [9.17, 15) is 5.11 Å². The Morgan fingerprint density at radius 3 is 2.48 bits per heavy atom. The first-order valence-electron chi connectivity index (χ1n) is 10.9. The molecule has 3 aliphatic rings. The lowest BCUT2D eigenvalue weighted by atomic mass is 9.71. The number of nitrogens with zero attached hydrogens (tertiary/aromatic N) is 2. The fourth-order valence-electron chi connectivity index (χ4n) is 5.54. The van der Waals surface area contributed by atoms with Gasteiger partial charge in [-0.2, -0.15) is 0 Å². The molecule has 0 amide bonds. The average molecular weight is 373 g/mol. The predicted molar refractivity (Wildman–Crippen MR) is 109 cm³/mol. The van der Waals surface area contributed by atoms with Crippen LogP contribution in [0.15, 0.2) is 30.3 Å². The molecular formula is C23H36N2O2. The van der Waals surface area contributed by atoms with Gasteiger partial charge in [0.2, 0.25) is 0 Å². The summed E-state index contributed by atoms with van der Waals surface area (Å²) < 4.78 is 5.51. The van der Waals surface area contributed by atoms with Crippen LogP contribution in [0.4, 0.5) is 0 Å². The van der Waals surface area contributed by atoms with Crippen LogP contribution in [-0.4, -0.2) is 74.0 Å². The lowest BCUT2D eigenvalue weighted by Crippen LogP contribution is -2.46. The Balaban J connectivity index is 1.28. The van der Waals surface area contributed by atoms with E-state index in [1.165, 1.54) is 57.4 Å². The number of aliphatic hydroxyl groups excluding tert-OH is 1. The van der Waals surface area contributed by atoms with Crippen molar-refractivity contribution < 1.29 is 9.84 Å². The minimum atomic E-state index is 0.345. The van der Waals surface area contributed by atoms with E-state index in [2.05, 4.69) is 40.1 Å². The van der Waals surface area contributed by atoms with Gasteiger partial charge in [-0.3, -0.25) is 0 Å². The molecule has 0 radical (unpaired) electrons. The molecule has 1 aromatic carbocycles. The van der Waals surface area contributed by atoms with E-state index >= 15 is 0 Å². The Bertz CT molecular complexity index is 565. The summed E-state index contributed by atoms with van der Waals surface area (Å²) in [5.74, 6) is 1.28. The Morgan fingerprint density at radius 2 is 1.78 bits per heavy atom. The van der Waals surface area contributed by atoms with Crippen molar-refractivity contribution in [2.75, 3.05) is 59.1 Å². The number of piperidine rings is 1. The molecule has 3 heterocycles. The molecule has 3 fully saturated rings. The molecule has 0 aliphatic carbocycles. The summed E-state index contributed by atoms with van der Waals surface area (Å²) >= 11 is 0. The van der Waals surface area contributed by atoms with Gasteiger partial charge in [-0.25, -0.2) is 0 Å². The third kappa shape index (κ3) is 4.73. The largest absolute Gasteiger partial charge is 0.396 e. The molecule has 1 unspecified atom stereocenters. The Morgan fingerprint density at radius 1 is 1.04 bits per heavy atom. The van der Waals surface area contributed by atoms with E-state index in [0.29, 0.717) is 17.9 Å². The van der Waals surface area contributed by atoms with Gasteiger partial charge in [0.25, 0.3) is 0 Å². The van der Waals surface area contributed by atoms with Gasteiger partial charge in [-0.05, 0) is 62.1 Å². The van der Waals surface area contributed by atoms with Gasteiger partial charge in [0.15, 0.2) is 0 Å². The summed E-state index contributed by atoms with van der Waals surface area (Å²) in [6.07, 6.45) is 6.08. The van der Waals surface area contributed by atoms with E-state index in [1.54, 1.807) is 0 Å². The lowest BCUT2D eigenvalue weighted by Gasteiger charge is -2.43. The van der Waals surface area contributed by atoms with Crippen LogP contribution < -0.4 is 0 Å². The van der Waals surface area contributed by atoms with Crippen LogP contribution in [0.1, 0.15) is 31.2 Å². The maximum atomic E-state index is 10.1. The summed E-state index contributed by atoms with van der Waals surface area (Å²) in [6.45, 7) is 9.29. The zero-order valence-electron chi connectivity index (χ0n) is 16.7. The van der Waals surface area contributed by atoms with E-state index in [4.69, 9.17) is 4.74 Å². The van der Waals surface area contributed by atoms with Gasteiger partial charge in [0.1, 0.15) is 0 Å². The van der Waals surface area contributed by atoms with Crippen LogP contribution in [-0.2, 0) is 11.2 Å². The number of aliphatic hydroxyl groups is 1. The molecule has 1 N–H and O–H groups in total. The van der Waals surface area contributed by atoms with Crippen molar-refractivity contribution in [3.05, 3.63) is 35.9 Å². The maximum Gasteiger partial charge on any atom is 0.0477 e. The predicted octanol–water partition coefficient (Wildman–Crippen LogP) is 2.66. The molecule has 150 valence electrons. The van der Waals surface area contributed by atoms with Crippen molar-refractivity contribution in [3.8, 4) is 0 Å². The van der Waals surface area contributed by atoms with Crippen molar-refractivity contribution in [2.45, 2.75) is 32.1 Å². The second kappa shape index (κ2) is 9.04. The van der Waals surface area contributed by atoms with E-state index in [-0.39, 0.29) is 0 Å². The van der Waals surface area contributed by atoms with Gasteiger partial charge in [-0.15, -0.1) is 0 Å². The van der Waals surface area contributed by atoms with Crippen LogP contribution in [0.3, 0.4) is 0 Å². The van der Waals surface area contributed by atoms with Crippen molar-refractivity contribution >= 4 is 0 Å². The van der Waals surface area contributed by atoms with Gasteiger partial charge >= 0.3 is 0 Å². The highest BCUT2D eigenvalue weighted by Crippen LogP contribution is 2.44. The number of likely N-dealkylation sites (tertiary alicyclic amines) is 2. The zero-order valence-corrected chi connectivity index (χ0v) is 16.7. The van der Waals surface area contributed by atoms with Crippen LogP contribution in [0.2, 0.25) is 0 Å². The number of benzene rings is 1. The first-order chi connectivity index (χ1) is 13.3. The maximum absolute atomic E-state index is 10.1. The summed E-state index contributed by atoms with van der Waals surface area (Å²) in [5, 5.41) is 10.1. The zero-order chi connectivity index (χ0) is 18.5. The van der Waals surface area contributed by atoms with Crippen LogP contribution in [0, 0.1) is 17.3 Å². The summed E-state index contributed by atoms with van der Waals surface area (Å²) in [6, 6.07) is 10.8. The van der Waals surface area contributed by atoms with Crippen molar-refractivity contribution in [3.63, 3.8) is 0 Å². The molecule has 0 bridgehead atoms. The summed E-state index contributed by atoms with van der Waals surface area (Å²) in [7, 11) is 0. The Kier molecular flexibility index (Phi) is 6.49. The molecule has 1 aromatic rings. The molecule has 27 heavy (non-hydrogen) atoms. The number of hydrogen-bond acceptors (Lipinski definition) is 4. The highest BCUT2D eigenvalue weighted by molar-refractivity contribution is 5.15. The highest BCUT2D eigenvalue weighted by atomic mass is 16.5. The summed E-state index contributed by atoms with van der Waals surface area (Å²) in [5.41, 5.74) is 1.77. The van der Waals surface area contributed by atoms with Gasteiger partial charge in [-0.1, -0.05) is 30.3 Å². The molecule has 3 aliphatic heterocycles. The quantitative estimate of drug-likeness (QED) is 0.833. The van der Waals surface area contributed by atoms with Gasteiger partial charge < -0.3 is 19.6 Å². The number of rotatable bonds is 6. The molecule has 0 saturated carbocycles. The smallest absolute Gasteiger partial charge is 0.0477 e. The second-order valence-electron chi connectivity index (χ2n) is 9.07. The van der Waals surface area contributed by atoms with E-state index < -0.39 is 0 Å². The van der Waals surface area contributed by atoms with Crippen molar-refractivity contribution in [1.82, 2.24) is 9.80 Å². The summed E-state index contributed by atoms with van der Waals surface area (Å²) in [4.78, 5) is 5.30. The highest BCUT2D eigenvalue weighted by Gasteiger charge is 2.47. The first kappa shape index (κ1) is 19.4. The van der Waals surface area contributed by atoms with Crippen molar-refractivity contribution in [1.29, 1.82) is 0 Å². The molecule has 4 rings (SSSR count). The molecular weight excluding hydrogens is 336 g/mol. The Labute approximate surface area is 164 Å². The topological polar surface area (TPSA) is 35.9 Å². The van der Waals surface area contributed by atoms with Crippen LogP contribution >= 0.6 is 0 Å². The minimum Gasteiger partial charge on any atom is -0.396 e.